The van der Waals surface area contributed by atoms with Gasteiger partial charge < -0.3 is 4.98 Å². The van der Waals surface area contributed by atoms with E-state index in [9.17, 15) is 9.59 Å². The molecule has 2 aliphatic rings. The van der Waals surface area contributed by atoms with Crippen molar-refractivity contribution in [2.45, 2.75) is 38.5 Å². The molecule has 0 unspecified atom stereocenters. The molecule has 0 saturated carbocycles. The zero-order chi connectivity index (χ0) is 13.2. The number of hydroxylamine groups is 2. The minimum absolute atomic E-state index is 0.211. The fraction of sp³-hybridized carbons (Fsp3) is 0.571. The molecular weight excluding hydrogens is 244 g/mol. The van der Waals surface area contributed by atoms with E-state index in [2.05, 4.69) is 4.98 Å². The molecule has 1 N–H and O–H groups in total. The van der Waals surface area contributed by atoms with Gasteiger partial charge in [0.15, 0.2) is 0 Å². The molecule has 5 nitrogen and oxygen atoms in total. The smallest absolute Gasteiger partial charge is 0.283 e. The first kappa shape index (κ1) is 12.4. The molecule has 0 spiro atoms. The molecule has 1 amide bonds. The lowest BCUT2D eigenvalue weighted by molar-refractivity contribution is -0.144. The number of H-pyrrole nitrogens is 1. The van der Waals surface area contributed by atoms with Crippen LogP contribution in [-0.4, -0.2) is 29.1 Å². The molecule has 3 rings (SSSR count). The molecule has 2 heterocycles. The van der Waals surface area contributed by atoms with Crippen molar-refractivity contribution in [3.63, 3.8) is 0 Å². The minimum atomic E-state index is -0.311. The van der Waals surface area contributed by atoms with Crippen molar-refractivity contribution in [1.82, 2.24) is 10.0 Å². The first-order chi connectivity index (χ1) is 9.25. The van der Waals surface area contributed by atoms with Crippen LogP contribution in [0.15, 0.2) is 10.9 Å². The summed E-state index contributed by atoms with van der Waals surface area (Å²) in [6.45, 7) is 1.12. The maximum absolute atomic E-state index is 12.3. The summed E-state index contributed by atoms with van der Waals surface area (Å²) in [6.07, 6.45) is 5.95. The van der Waals surface area contributed by atoms with Crippen molar-refractivity contribution in [3.8, 4) is 0 Å². The topological polar surface area (TPSA) is 62.4 Å². The first-order valence-corrected chi connectivity index (χ1v) is 6.95. The van der Waals surface area contributed by atoms with E-state index in [-0.39, 0.29) is 17.0 Å². The van der Waals surface area contributed by atoms with Gasteiger partial charge in [0.1, 0.15) is 5.56 Å². The average molecular weight is 262 g/mol. The van der Waals surface area contributed by atoms with E-state index in [4.69, 9.17) is 4.84 Å². The highest BCUT2D eigenvalue weighted by Gasteiger charge is 2.23. The van der Waals surface area contributed by atoms with Gasteiger partial charge in [0.25, 0.3) is 11.5 Å². The summed E-state index contributed by atoms with van der Waals surface area (Å²) >= 11 is 0. The summed E-state index contributed by atoms with van der Waals surface area (Å²) in [5, 5.41) is 1.32. The van der Waals surface area contributed by atoms with E-state index < -0.39 is 0 Å². The van der Waals surface area contributed by atoms with Crippen molar-refractivity contribution in [1.29, 1.82) is 0 Å². The van der Waals surface area contributed by atoms with Crippen LogP contribution < -0.4 is 5.56 Å². The highest BCUT2D eigenvalue weighted by Crippen LogP contribution is 2.19. The Hall–Kier alpha value is -1.62. The van der Waals surface area contributed by atoms with Crippen molar-refractivity contribution in [2.75, 3.05) is 13.2 Å². The Morgan fingerprint density at radius 2 is 2.05 bits per heavy atom. The monoisotopic (exact) mass is 262 g/mol. The molecule has 1 fully saturated rings. The summed E-state index contributed by atoms with van der Waals surface area (Å²) in [5.41, 5.74) is 2.01. The average Bonchev–Trinajstić information content (AvgIpc) is 2.47. The predicted octanol–water partition coefficient (Wildman–Crippen LogP) is 1.42. The van der Waals surface area contributed by atoms with Crippen LogP contribution in [0.5, 0.6) is 0 Å². The maximum atomic E-state index is 12.3. The molecule has 5 heteroatoms. The molecule has 1 aromatic heterocycles. The zero-order valence-electron chi connectivity index (χ0n) is 10.9. The summed E-state index contributed by atoms with van der Waals surface area (Å²) in [4.78, 5) is 32.5. The second kappa shape index (κ2) is 5.17. The lowest BCUT2D eigenvalue weighted by Crippen LogP contribution is -2.38. The number of carbonyl (C=O) groups excluding carboxylic acids is 1. The van der Waals surface area contributed by atoms with Crippen LogP contribution in [0.1, 0.15) is 47.3 Å². The third kappa shape index (κ3) is 2.42. The molecule has 0 atom stereocenters. The van der Waals surface area contributed by atoms with Crippen molar-refractivity contribution in [2.24, 2.45) is 0 Å². The van der Waals surface area contributed by atoms with Crippen LogP contribution >= 0.6 is 0 Å². The van der Waals surface area contributed by atoms with Gasteiger partial charge in [-0.15, -0.1) is 0 Å². The number of pyridine rings is 1. The van der Waals surface area contributed by atoms with Crippen molar-refractivity contribution < 1.29 is 9.63 Å². The van der Waals surface area contributed by atoms with E-state index in [1.165, 1.54) is 5.06 Å². The van der Waals surface area contributed by atoms with E-state index >= 15 is 0 Å². The summed E-state index contributed by atoms with van der Waals surface area (Å²) in [7, 11) is 0. The Morgan fingerprint density at radius 3 is 2.84 bits per heavy atom. The van der Waals surface area contributed by atoms with Gasteiger partial charge in [-0.25, -0.2) is 5.06 Å². The molecule has 0 bridgehead atoms. The molecule has 102 valence electrons. The molecule has 0 aromatic carbocycles. The van der Waals surface area contributed by atoms with E-state index in [1.807, 2.05) is 0 Å². The maximum Gasteiger partial charge on any atom is 0.283 e. The number of aromatic nitrogens is 1. The molecule has 1 aromatic rings. The second-order valence-electron chi connectivity index (χ2n) is 5.17. The Balaban J connectivity index is 1.91. The fourth-order valence-corrected chi connectivity index (χ4v) is 2.73. The Morgan fingerprint density at radius 1 is 1.21 bits per heavy atom. The van der Waals surface area contributed by atoms with Crippen molar-refractivity contribution >= 4 is 5.91 Å². The summed E-state index contributed by atoms with van der Waals surface area (Å²) in [5.74, 6) is -0.311. The lowest BCUT2D eigenvalue weighted by Gasteiger charge is -2.26. The minimum Gasteiger partial charge on any atom is -0.325 e. The van der Waals surface area contributed by atoms with E-state index in [1.54, 1.807) is 6.07 Å². The zero-order valence-corrected chi connectivity index (χ0v) is 10.9. The van der Waals surface area contributed by atoms with Gasteiger partial charge in [0.2, 0.25) is 0 Å². The SMILES string of the molecule is O=C(c1cc2c([nH]c1=O)CCCC2)N1CCCCO1. The number of nitrogens with one attached hydrogen (secondary N) is 1. The third-order valence-corrected chi connectivity index (χ3v) is 3.80. The highest BCUT2D eigenvalue weighted by atomic mass is 16.7. The van der Waals surface area contributed by atoms with E-state index in [0.717, 1.165) is 49.8 Å². The van der Waals surface area contributed by atoms with Crippen LogP contribution in [0.3, 0.4) is 0 Å². The summed E-state index contributed by atoms with van der Waals surface area (Å²) < 4.78 is 0. The molecule has 19 heavy (non-hydrogen) atoms. The number of hydrogen-bond donors (Lipinski definition) is 1. The number of hydrogen-bond acceptors (Lipinski definition) is 3. The Bertz CT molecular complexity index is 544. The molecular formula is C14H18N2O3. The number of carbonyl (C=O) groups is 1. The summed E-state index contributed by atoms with van der Waals surface area (Å²) in [6, 6.07) is 1.76. The van der Waals surface area contributed by atoms with E-state index in [0.29, 0.717) is 13.2 Å². The standard InChI is InChI=1S/C14H18N2O3/c17-13-11(14(18)16-7-3-4-8-19-16)9-10-5-1-2-6-12(10)15-13/h9H,1-8H2,(H,15,17). The number of aryl methyl sites for hydroxylation is 2. The van der Waals surface area contributed by atoms with Crippen LogP contribution in [0.25, 0.3) is 0 Å². The number of amides is 1. The van der Waals surface area contributed by atoms with Crippen LogP contribution in [0.4, 0.5) is 0 Å². The Labute approximate surface area is 111 Å². The van der Waals surface area contributed by atoms with Gasteiger partial charge in [0, 0.05) is 12.2 Å². The van der Waals surface area contributed by atoms with Gasteiger partial charge in [-0.2, -0.15) is 0 Å². The van der Waals surface area contributed by atoms with Gasteiger partial charge in [-0.1, -0.05) is 0 Å². The highest BCUT2D eigenvalue weighted by molar-refractivity contribution is 5.93. The lowest BCUT2D eigenvalue weighted by atomic mass is 9.95. The van der Waals surface area contributed by atoms with Crippen LogP contribution in [-0.2, 0) is 17.7 Å². The Kier molecular flexibility index (Phi) is 3.38. The number of rotatable bonds is 1. The van der Waals surface area contributed by atoms with Crippen LogP contribution in [0.2, 0.25) is 0 Å². The molecule has 1 aliphatic carbocycles. The van der Waals surface area contributed by atoms with Gasteiger partial charge in [0.05, 0.1) is 6.61 Å². The normalized spacial score (nSPS) is 19.1. The molecule has 1 saturated heterocycles. The van der Waals surface area contributed by atoms with Crippen LogP contribution in [0, 0.1) is 0 Å². The van der Waals surface area contributed by atoms with Gasteiger partial charge >= 0.3 is 0 Å². The fourth-order valence-electron chi connectivity index (χ4n) is 2.73. The van der Waals surface area contributed by atoms with Crippen molar-refractivity contribution in [3.05, 3.63) is 33.2 Å². The van der Waals surface area contributed by atoms with Gasteiger partial charge in [-0.3, -0.25) is 14.4 Å². The quantitative estimate of drug-likeness (QED) is 0.832. The number of nitrogens with zero attached hydrogens (tertiary/aromatic N) is 1. The first-order valence-electron chi connectivity index (χ1n) is 6.95. The number of fused-ring (bicyclic) bond motifs is 1. The second-order valence-corrected chi connectivity index (χ2v) is 5.17. The predicted molar refractivity (Wildman–Crippen MR) is 69.9 cm³/mol. The molecule has 0 radical (unpaired) electrons. The number of aromatic amines is 1. The molecule has 1 aliphatic heterocycles. The van der Waals surface area contributed by atoms with Gasteiger partial charge in [-0.05, 0) is 50.2 Å². The third-order valence-electron chi connectivity index (χ3n) is 3.80. The largest absolute Gasteiger partial charge is 0.325 e.